The van der Waals surface area contributed by atoms with Gasteiger partial charge in [0.2, 0.25) is 23.6 Å². The number of anilines is 2. The zero-order chi connectivity index (χ0) is 29.3. The largest absolute Gasteiger partial charge is 0.497 e. The summed E-state index contributed by atoms with van der Waals surface area (Å²) in [7, 11) is 2.90. The van der Waals surface area contributed by atoms with E-state index < -0.39 is 53.4 Å². The second kappa shape index (κ2) is 10.9. The van der Waals surface area contributed by atoms with Crippen LogP contribution in [0.2, 0.25) is 0 Å². The van der Waals surface area contributed by atoms with E-state index in [1.165, 1.54) is 87.3 Å². The van der Waals surface area contributed by atoms with E-state index in [1.807, 2.05) is 0 Å². The van der Waals surface area contributed by atoms with E-state index in [4.69, 9.17) is 9.47 Å². The molecule has 8 amide bonds. The molecule has 41 heavy (non-hydrogen) atoms. The molecule has 2 saturated heterocycles. The second-order valence-electron chi connectivity index (χ2n) is 9.09. The normalized spacial score (nSPS) is 19.3. The monoisotopic (exact) mass is 557 g/mol. The molecule has 3 heterocycles. The molecule has 2 aliphatic heterocycles. The Bertz CT molecular complexity index is 1440. The molecule has 2 fully saturated rings. The number of urea groups is 2. The number of pyridine rings is 1. The standard InChI is InChI=1S/C28H23N5O8/c1-40-18-7-3-16(4-8-18)32-25(36)21(23(34)30-27(32)38)20(15-11-13-29-14-12-15)22-24(35)31-28(39)33(26(22)37)17-5-9-19(41-2)10-6-17/h3-14,20-22H,1-2H3,(H,30,34,38)(H,31,35,39)/t21-,22-/m0/s1. The summed E-state index contributed by atoms with van der Waals surface area (Å²) in [6.45, 7) is 0. The molecule has 2 aliphatic rings. The van der Waals surface area contributed by atoms with Gasteiger partial charge < -0.3 is 9.47 Å². The molecule has 1 aromatic heterocycles. The minimum Gasteiger partial charge on any atom is -0.497 e. The minimum atomic E-state index is -1.71. The number of hydrogen-bond acceptors (Lipinski definition) is 9. The van der Waals surface area contributed by atoms with Gasteiger partial charge in [-0.1, -0.05) is 0 Å². The molecule has 3 aromatic rings. The van der Waals surface area contributed by atoms with Crippen molar-refractivity contribution in [2.75, 3.05) is 24.0 Å². The summed E-state index contributed by atoms with van der Waals surface area (Å²) in [5.41, 5.74) is 0.512. The van der Waals surface area contributed by atoms with Crippen molar-refractivity contribution in [3.8, 4) is 11.5 Å². The summed E-state index contributed by atoms with van der Waals surface area (Å²) in [5.74, 6) is -7.81. The summed E-state index contributed by atoms with van der Waals surface area (Å²) >= 11 is 0. The number of ether oxygens (including phenoxy) is 2. The van der Waals surface area contributed by atoms with E-state index in [0.29, 0.717) is 11.5 Å². The van der Waals surface area contributed by atoms with Crippen molar-refractivity contribution in [3.05, 3.63) is 78.6 Å². The number of imide groups is 4. The van der Waals surface area contributed by atoms with Crippen molar-refractivity contribution in [1.29, 1.82) is 0 Å². The first kappa shape index (κ1) is 27.0. The Labute approximate surface area is 233 Å². The van der Waals surface area contributed by atoms with Crippen LogP contribution in [0.1, 0.15) is 11.5 Å². The van der Waals surface area contributed by atoms with Gasteiger partial charge in [-0.3, -0.25) is 34.8 Å². The van der Waals surface area contributed by atoms with Gasteiger partial charge in [0.1, 0.15) is 23.3 Å². The molecule has 2 aromatic carbocycles. The Morgan fingerprint density at radius 2 is 1.02 bits per heavy atom. The quantitative estimate of drug-likeness (QED) is 0.413. The SMILES string of the molecule is COc1ccc(N2C(=O)NC(=O)[C@H](C(c3ccncc3)[C@H]3C(=O)NC(=O)N(c4ccc(OC)cc4)C3=O)C2=O)cc1. The second-order valence-corrected chi connectivity index (χ2v) is 9.09. The number of aromatic nitrogens is 1. The fraction of sp³-hybridized carbons (Fsp3) is 0.179. The van der Waals surface area contributed by atoms with E-state index in [9.17, 15) is 28.8 Å². The summed E-state index contributed by atoms with van der Waals surface area (Å²) < 4.78 is 10.3. The fourth-order valence-corrected chi connectivity index (χ4v) is 4.93. The maximum atomic E-state index is 13.9. The number of carbonyl (C=O) groups is 6. The molecule has 208 valence electrons. The fourth-order valence-electron chi connectivity index (χ4n) is 4.93. The highest BCUT2D eigenvalue weighted by Crippen LogP contribution is 2.39. The zero-order valence-electron chi connectivity index (χ0n) is 21.8. The third kappa shape index (κ3) is 4.84. The molecule has 0 radical (unpaired) electrons. The highest BCUT2D eigenvalue weighted by atomic mass is 16.5. The molecule has 5 rings (SSSR count). The number of benzene rings is 2. The van der Waals surface area contributed by atoms with Gasteiger partial charge in [-0.05, 0) is 66.2 Å². The summed E-state index contributed by atoms with van der Waals surface area (Å²) in [6, 6.07) is 12.8. The van der Waals surface area contributed by atoms with Crippen molar-refractivity contribution in [2.24, 2.45) is 11.8 Å². The van der Waals surface area contributed by atoms with E-state index >= 15 is 0 Å². The number of methoxy groups -OCH3 is 2. The number of rotatable bonds is 7. The Morgan fingerprint density at radius 1 is 0.634 bits per heavy atom. The third-order valence-corrected chi connectivity index (χ3v) is 6.87. The van der Waals surface area contributed by atoms with Crippen molar-refractivity contribution >= 4 is 47.1 Å². The van der Waals surface area contributed by atoms with Crippen LogP contribution in [0.25, 0.3) is 0 Å². The number of hydrogen-bond donors (Lipinski definition) is 2. The first-order chi connectivity index (χ1) is 19.7. The molecule has 0 spiro atoms. The van der Waals surface area contributed by atoms with E-state index in [0.717, 1.165) is 9.80 Å². The van der Waals surface area contributed by atoms with Crippen LogP contribution in [0.5, 0.6) is 11.5 Å². The average Bonchev–Trinajstić information content (AvgIpc) is 2.97. The van der Waals surface area contributed by atoms with Gasteiger partial charge >= 0.3 is 12.1 Å². The maximum absolute atomic E-state index is 13.9. The first-order valence-electron chi connectivity index (χ1n) is 12.3. The van der Waals surface area contributed by atoms with Crippen molar-refractivity contribution in [3.63, 3.8) is 0 Å². The van der Waals surface area contributed by atoms with Crippen LogP contribution in [0.15, 0.2) is 73.1 Å². The number of carbonyl (C=O) groups excluding carboxylic acids is 6. The van der Waals surface area contributed by atoms with Gasteiger partial charge in [0, 0.05) is 18.3 Å². The molecule has 0 unspecified atom stereocenters. The van der Waals surface area contributed by atoms with Gasteiger partial charge in [-0.2, -0.15) is 0 Å². The molecular weight excluding hydrogens is 534 g/mol. The van der Waals surface area contributed by atoms with Crippen molar-refractivity contribution in [2.45, 2.75) is 5.92 Å². The average molecular weight is 558 g/mol. The molecule has 0 aliphatic carbocycles. The van der Waals surface area contributed by atoms with Crippen molar-refractivity contribution in [1.82, 2.24) is 15.6 Å². The van der Waals surface area contributed by atoms with Crippen molar-refractivity contribution < 1.29 is 38.2 Å². The zero-order valence-corrected chi connectivity index (χ0v) is 21.8. The lowest BCUT2D eigenvalue weighted by Gasteiger charge is -2.39. The van der Waals surface area contributed by atoms with Crippen LogP contribution in [-0.2, 0) is 19.2 Å². The minimum absolute atomic E-state index is 0.133. The lowest BCUT2D eigenvalue weighted by molar-refractivity contribution is -0.140. The molecule has 0 saturated carbocycles. The van der Waals surface area contributed by atoms with Crippen LogP contribution >= 0.6 is 0 Å². The van der Waals surface area contributed by atoms with Crippen LogP contribution in [0.4, 0.5) is 21.0 Å². The third-order valence-electron chi connectivity index (χ3n) is 6.87. The lowest BCUT2D eigenvalue weighted by Crippen LogP contribution is -2.64. The lowest BCUT2D eigenvalue weighted by atomic mass is 9.73. The van der Waals surface area contributed by atoms with Crippen LogP contribution < -0.4 is 29.9 Å². The van der Waals surface area contributed by atoms with E-state index in [-0.39, 0.29) is 16.9 Å². The van der Waals surface area contributed by atoms with Gasteiger partial charge in [-0.15, -0.1) is 0 Å². The molecule has 2 atom stereocenters. The predicted octanol–water partition coefficient (Wildman–Crippen LogP) is 1.98. The summed E-state index contributed by atoms with van der Waals surface area (Å²) in [5, 5.41) is 4.33. The number of nitrogens with one attached hydrogen (secondary N) is 2. The highest BCUT2D eigenvalue weighted by molar-refractivity contribution is 6.31. The number of nitrogens with zero attached hydrogens (tertiary/aromatic N) is 3. The molecule has 13 heteroatoms. The van der Waals surface area contributed by atoms with E-state index in [1.54, 1.807) is 0 Å². The Kier molecular flexibility index (Phi) is 7.17. The van der Waals surface area contributed by atoms with E-state index in [2.05, 4.69) is 15.6 Å². The summed E-state index contributed by atoms with van der Waals surface area (Å²) in [6.07, 6.45) is 2.75. The van der Waals surface area contributed by atoms with Crippen LogP contribution in [-0.4, -0.2) is 54.9 Å². The Balaban J connectivity index is 1.59. The smallest absolute Gasteiger partial charge is 0.335 e. The van der Waals surface area contributed by atoms with Crippen LogP contribution in [0, 0.1) is 11.8 Å². The van der Waals surface area contributed by atoms with Gasteiger partial charge in [0.05, 0.1) is 25.6 Å². The summed E-state index contributed by atoms with van der Waals surface area (Å²) in [4.78, 5) is 85.6. The Hall–Kier alpha value is -5.59. The molecule has 13 nitrogen and oxygen atoms in total. The van der Waals surface area contributed by atoms with Gasteiger partial charge in [-0.25, -0.2) is 19.4 Å². The number of amides is 8. The molecule has 2 N–H and O–H groups in total. The van der Waals surface area contributed by atoms with Crippen LogP contribution in [0.3, 0.4) is 0 Å². The van der Waals surface area contributed by atoms with Gasteiger partial charge in [0.15, 0.2) is 0 Å². The maximum Gasteiger partial charge on any atom is 0.335 e. The Morgan fingerprint density at radius 3 is 1.39 bits per heavy atom. The highest BCUT2D eigenvalue weighted by Gasteiger charge is 2.55. The first-order valence-corrected chi connectivity index (χ1v) is 12.3. The van der Waals surface area contributed by atoms with Gasteiger partial charge in [0.25, 0.3) is 0 Å². The number of barbiturate groups is 2. The molecule has 0 bridgehead atoms. The predicted molar refractivity (Wildman–Crippen MR) is 142 cm³/mol. The topological polar surface area (TPSA) is 164 Å². The molecular formula is C28H23N5O8.